The first-order chi connectivity index (χ1) is 11.5. The molecule has 0 saturated carbocycles. The highest BCUT2D eigenvalue weighted by Crippen LogP contribution is 2.27. The molecule has 120 valence electrons. The summed E-state index contributed by atoms with van der Waals surface area (Å²) in [7, 11) is 2.82. The Balaban J connectivity index is 2.16. The topological polar surface area (TPSA) is 111 Å². The van der Waals surface area contributed by atoms with E-state index >= 15 is 0 Å². The third kappa shape index (κ3) is 2.50. The van der Waals surface area contributed by atoms with E-state index in [1.54, 1.807) is 0 Å². The number of aromatic nitrogens is 6. The number of rotatable bonds is 3. The van der Waals surface area contributed by atoms with Crippen molar-refractivity contribution in [3.8, 4) is 11.8 Å². The van der Waals surface area contributed by atoms with Crippen LogP contribution in [0, 0.1) is 11.3 Å². The van der Waals surface area contributed by atoms with Crippen molar-refractivity contribution in [3.63, 3.8) is 0 Å². The van der Waals surface area contributed by atoms with Gasteiger partial charge < -0.3 is 0 Å². The van der Waals surface area contributed by atoms with Crippen LogP contribution >= 0.6 is 11.8 Å². The molecule has 9 nitrogen and oxygen atoms in total. The van der Waals surface area contributed by atoms with Gasteiger partial charge >= 0.3 is 5.69 Å². The Labute approximate surface area is 139 Å². The summed E-state index contributed by atoms with van der Waals surface area (Å²) in [6, 6.07) is 11.0. The molecule has 0 aliphatic rings. The summed E-state index contributed by atoms with van der Waals surface area (Å²) in [6.07, 6.45) is 0. The van der Waals surface area contributed by atoms with Crippen molar-refractivity contribution in [1.29, 1.82) is 5.26 Å². The molecule has 3 rings (SSSR count). The minimum atomic E-state index is -0.651. The van der Waals surface area contributed by atoms with Gasteiger partial charge in [0.2, 0.25) is 5.16 Å². The summed E-state index contributed by atoms with van der Waals surface area (Å²) in [5.41, 5.74) is -0.591. The van der Waals surface area contributed by atoms with Gasteiger partial charge in [-0.15, -0.1) is 5.10 Å². The van der Waals surface area contributed by atoms with Gasteiger partial charge in [-0.05, 0) is 34.3 Å². The second-order valence-corrected chi connectivity index (χ2v) is 5.76. The predicted molar refractivity (Wildman–Crippen MR) is 84.9 cm³/mol. The van der Waals surface area contributed by atoms with Crippen LogP contribution in [0.3, 0.4) is 0 Å². The van der Waals surface area contributed by atoms with Crippen LogP contribution in [0.25, 0.3) is 5.69 Å². The number of hydrogen-bond donors (Lipinski definition) is 0. The van der Waals surface area contributed by atoms with Crippen LogP contribution in [0.4, 0.5) is 0 Å². The second kappa shape index (κ2) is 6.13. The third-order valence-electron chi connectivity index (χ3n) is 3.35. The van der Waals surface area contributed by atoms with E-state index in [4.69, 9.17) is 0 Å². The fraction of sp³-hybridized carbons (Fsp3) is 0.143. The molecule has 0 atom stereocenters. The fourth-order valence-electron chi connectivity index (χ4n) is 2.10. The van der Waals surface area contributed by atoms with E-state index in [-0.39, 0.29) is 10.6 Å². The quantitative estimate of drug-likeness (QED) is 0.620. The van der Waals surface area contributed by atoms with Crippen molar-refractivity contribution in [2.75, 3.05) is 0 Å². The van der Waals surface area contributed by atoms with Crippen molar-refractivity contribution >= 4 is 11.8 Å². The molecule has 0 amide bonds. The van der Waals surface area contributed by atoms with E-state index in [0.717, 1.165) is 22.0 Å². The van der Waals surface area contributed by atoms with Crippen LogP contribution < -0.4 is 11.2 Å². The van der Waals surface area contributed by atoms with Crippen LogP contribution in [0.2, 0.25) is 0 Å². The number of nitrogens with zero attached hydrogens (tertiary/aromatic N) is 7. The molecular weight excluding hydrogens is 330 g/mol. The highest BCUT2D eigenvalue weighted by atomic mass is 32.2. The van der Waals surface area contributed by atoms with Gasteiger partial charge in [-0.3, -0.25) is 13.9 Å². The van der Waals surface area contributed by atoms with E-state index in [2.05, 4.69) is 15.5 Å². The predicted octanol–water partition coefficient (Wildman–Crippen LogP) is 0.0826. The molecular formula is C14H11N7O2S. The van der Waals surface area contributed by atoms with Crippen molar-refractivity contribution in [2.24, 2.45) is 14.1 Å². The maximum absolute atomic E-state index is 12.1. The smallest absolute Gasteiger partial charge is 0.289 e. The summed E-state index contributed by atoms with van der Waals surface area (Å²) in [6.45, 7) is 0. The van der Waals surface area contributed by atoms with Gasteiger partial charge in [0.05, 0.1) is 5.69 Å². The van der Waals surface area contributed by atoms with Gasteiger partial charge in [0.15, 0.2) is 0 Å². The van der Waals surface area contributed by atoms with Crippen LogP contribution in [0.1, 0.15) is 5.56 Å². The molecule has 0 aliphatic carbocycles. The number of benzene rings is 1. The lowest BCUT2D eigenvalue weighted by Crippen LogP contribution is -2.39. The zero-order valence-electron chi connectivity index (χ0n) is 12.7. The first kappa shape index (κ1) is 15.7. The molecule has 10 heteroatoms. The van der Waals surface area contributed by atoms with Gasteiger partial charge in [-0.2, -0.15) is 9.94 Å². The Morgan fingerprint density at radius 3 is 2.50 bits per heavy atom. The van der Waals surface area contributed by atoms with Crippen LogP contribution in [-0.2, 0) is 14.1 Å². The lowest BCUT2D eigenvalue weighted by atomic mass is 10.3. The zero-order chi connectivity index (χ0) is 17.3. The van der Waals surface area contributed by atoms with Crippen molar-refractivity contribution < 1.29 is 0 Å². The van der Waals surface area contributed by atoms with Gasteiger partial charge in [-0.1, -0.05) is 18.2 Å². The van der Waals surface area contributed by atoms with E-state index in [0.29, 0.717) is 5.16 Å². The monoisotopic (exact) mass is 341 g/mol. The SMILES string of the molecule is Cn1c(Sc2nnnn2-c2ccccc2)c(C#N)c(=O)n(C)c1=O. The summed E-state index contributed by atoms with van der Waals surface area (Å²) in [5, 5.41) is 21.3. The highest BCUT2D eigenvalue weighted by Gasteiger charge is 2.19. The lowest BCUT2D eigenvalue weighted by Gasteiger charge is -2.10. The Hall–Kier alpha value is -3.19. The van der Waals surface area contributed by atoms with Gasteiger partial charge in [0.1, 0.15) is 16.7 Å². The zero-order valence-corrected chi connectivity index (χ0v) is 13.6. The number of nitriles is 1. The Morgan fingerprint density at radius 2 is 1.83 bits per heavy atom. The van der Waals surface area contributed by atoms with Crippen molar-refractivity contribution in [2.45, 2.75) is 10.2 Å². The fourth-order valence-corrected chi connectivity index (χ4v) is 3.03. The Kier molecular flexibility index (Phi) is 4.01. The molecule has 2 aromatic heterocycles. The molecule has 0 saturated heterocycles. The normalized spacial score (nSPS) is 10.5. The number of hydrogen-bond acceptors (Lipinski definition) is 7. The molecule has 0 bridgehead atoms. The molecule has 0 N–H and O–H groups in total. The molecule has 1 aromatic carbocycles. The molecule has 0 spiro atoms. The molecule has 3 aromatic rings. The van der Waals surface area contributed by atoms with E-state index < -0.39 is 11.2 Å². The Bertz CT molecular complexity index is 1060. The van der Waals surface area contributed by atoms with E-state index in [1.807, 2.05) is 36.4 Å². The number of tetrazole rings is 1. The Morgan fingerprint density at radius 1 is 1.12 bits per heavy atom. The van der Waals surface area contributed by atoms with Gasteiger partial charge in [0, 0.05) is 14.1 Å². The van der Waals surface area contributed by atoms with E-state index in [1.165, 1.54) is 23.3 Å². The molecule has 0 radical (unpaired) electrons. The van der Waals surface area contributed by atoms with E-state index in [9.17, 15) is 14.9 Å². The largest absolute Gasteiger partial charge is 0.331 e. The third-order valence-corrected chi connectivity index (χ3v) is 4.46. The van der Waals surface area contributed by atoms with Crippen LogP contribution in [-0.4, -0.2) is 29.3 Å². The molecule has 0 unspecified atom stereocenters. The summed E-state index contributed by atoms with van der Waals surface area (Å²) < 4.78 is 3.59. The average Bonchev–Trinajstić information content (AvgIpc) is 3.07. The standard InChI is InChI=1S/C14H11N7O2S/c1-19-11(22)10(8-15)12(20(2)14(19)23)24-13-16-17-18-21(13)9-6-4-3-5-7-9/h3-7H,1-2H3. The minimum Gasteiger partial charge on any atom is -0.289 e. The molecule has 0 aliphatic heterocycles. The van der Waals surface area contributed by atoms with Crippen molar-refractivity contribution in [1.82, 2.24) is 29.3 Å². The first-order valence-electron chi connectivity index (χ1n) is 6.76. The maximum atomic E-state index is 12.1. The lowest BCUT2D eigenvalue weighted by molar-refractivity contribution is 0.629. The van der Waals surface area contributed by atoms with Gasteiger partial charge in [-0.25, -0.2) is 4.79 Å². The summed E-state index contributed by atoms with van der Waals surface area (Å²) in [4.78, 5) is 24.2. The van der Waals surface area contributed by atoms with Crippen molar-refractivity contribution in [3.05, 3.63) is 56.7 Å². The summed E-state index contributed by atoms with van der Waals surface area (Å²) >= 11 is 0.985. The maximum Gasteiger partial charge on any atom is 0.331 e. The molecule has 2 heterocycles. The highest BCUT2D eigenvalue weighted by molar-refractivity contribution is 7.99. The van der Waals surface area contributed by atoms with Gasteiger partial charge in [0.25, 0.3) is 5.56 Å². The van der Waals surface area contributed by atoms with Crippen LogP contribution in [0.15, 0.2) is 50.1 Å². The first-order valence-corrected chi connectivity index (χ1v) is 7.58. The van der Waals surface area contributed by atoms with Crippen LogP contribution in [0.5, 0.6) is 0 Å². The molecule has 0 fully saturated rings. The summed E-state index contributed by atoms with van der Waals surface area (Å²) in [5.74, 6) is 0. The average molecular weight is 341 g/mol. The number of para-hydroxylation sites is 1. The molecule has 24 heavy (non-hydrogen) atoms. The second-order valence-electron chi connectivity index (χ2n) is 4.81. The minimum absolute atomic E-state index is 0.132.